The number of hydrogen-bond acceptors (Lipinski definition) is 7. The molecular formula is C30H29N3O6. The van der Waals surface area contributed by atoms with Gasteiger partial charge in [-0.2, -0.15) is 0 Å². The van der Waals surface area contributed by atoms with Gasteiger partial charge in [0, 0.05) is 17.5 Å². The van der Waals surface area contributed by atoms with E-state index in [1.54, 1.807) is 38.1 Å². The quantitative estimate of drug-likeness (QED) is 0.277. The van der Waals surface area contributed by atoms with Gasteiger partial charge in [0.2, 0.25) is 0 Å². The molecule has 0 spiro atoms. The Morgan fingerprint density at radius 1 is 0.923 bits per heavy atom. The van der Waals surface area contributed by atoms with E-state index in [9.17, 15) is 14.4 Å². The van der Waals surface area contributed by atoms with E-state index in [2.05, 4.69) is 15.8 Å². The number of aryl methyl sites for hydroxylation is 1. The van der Waals surface area contributed by atoms with Crippen molar-refractivity contribution < 1.29 is 28.4 Å². The van der Waals surface area contributed by atoms with Crippen molar-refractivity contribution in [1.82, 2.24) is 10.5 Å². The predicted octanol–water partition coefficient (Wildman–Crippen LogP) is 5.47. The van der Waals surface area contributed by atoms with Crippen LogP contribution in [0.1, 0.15) is 40.2 Å². The number of ether oxygens (including phenoxy) is 2. The Morgan fingerprint density at radius 3 is 2.21 bits per heavy atom. The van der Waals surface area contributed by atoms with Crippen LogP contribution in [0.3, 0.4) is 0 Å². The minimum atomic E-state index is -0.846. The third-order valence-electron chi connectivity index (χ3n) is 6.13. The van der Waals surface area contributed by atoms with Crippen molar-refractivity contribution in [3.05, 3.63) is 107 Å². The fourth-order valence-corrected chi connectivity index (χ4v) is 4.00. The molecule has 2 N–H and O–H groups in total. The lowest BCUT2D eigenvalue weighted by molar-refractivity contribution is -0.142. The molecule has 0 saturated heterocycles. The topological polar surface area (TPSA) is 120 Å². The molecule has 4 rings (SSSR count). The van der Waals surface area contributed by atoms with Gasteiger partial charge >= 0.3 is 12.1 Å². The van der Waals surface area contributed by atoms with Crippen molar-refractivity contribution in [3.8, 4) is 11.3 Å². The Balaban J connectivity index is 1.44. The predicted molar refractivity (Wildman–Crippen MR) is 145 cm³/mol. The molecule has 2 unspecified atom stereocenters. The number of rotatable bonds is 9. The van der Waals surface area contributed by atoms with Crippen molar-refractivity contribution in [2.75, 3.05) is 12.4 Å². The van der Waals surface area contributed by atoms with Crippen LogP contribution in [0.15, 0.2) is 89.5 Å². The minimum absolute atomic E-state index is 0.294. The zero-order valence-electron chi connectivity index (χ0n) is 21.8. The Bertz CT molecular complexity index is 1420. The van der Waals surface area contributed by atoms with Gasteiger partial charge in [0.15, 0.2) is 5.76 Å². The first kappa shape index (κ1) is 27.1. The normalized spacial score (nSPS) is 12.2. The number of methoxy groups -OCH3 is 1. The molecule has 9 nitrogen and oxygen atoms in total. The van der Waals surface area contributed by atoms with Crippen LogP contribution in [-0.2, 0) is 20.7 Å². The highest BCUT2D eigenvalue weighted by molar-refractivity contribution is 5.97. The van der Waals surface area contributed by atoms with Crippen molar-refractivity contribution in [2.45, 2.75) is 32.4 Å². The lowest BCUT2D eigenvalue weighted by Gasteiger charge is -2.17. The lowest BCUT2D eigenvalue weighted by Crippen LogP contribution is -2.43. The highest BCUT2D eigenvalue weighted by atomic mass is 16.6. The number of nitrogens with one attached hydrogen (secondary N) is 2. The Labute approximate surface area is 226 Å². The molecule has 0 aliphatic heterocycles. The molecule has 9 heteroatoms. The second-order valence-electron chi connectivity index (χ2n) is 8.87. The standard InChI is InChI=1S/C30H29N3O6/c1-19-26(32-30(36)38-20(2)22-12-8-5-9-13-22)27(39-33-19)23-14-16-24(17-15-23)28(34)31-25(29(35)37-3)18-21-10-6-4-7-11-21/h4-17,20,25H,18H2,1-3H3,(H,31,34)(H,32,36). The molecule has 0 aliphatic carbocycles. The number of anilines is 1. The summed E-state index contributed by atoms with van der Waals surface area (Å²) in [5.41, 5.74) is 3.52. The summed E-state index contributed by atoms with van der Waals surface area (Å²) in [5.74, 6) is -0.649. The van der Waals surface area contributed by atoms with Gasteiger partial charge in [0.05, 0.1) is 7.11 Å². The average Bonchev–Trinajstić information content (AvgIpc) is 3.32. The van der Waals surface area contributed by atoms with Gasteiger partial charge in [-0.05, 0) is 37.1 Å². The summed E-state index contributed by atoms with van der Waals surface area (Å²) in [7, 11) is 1.28. The number of nitrogens with zero attached hydrogens (tertiary/aromatic N) is 1. The SMILES string of the molecule is COC(=O)C(Cc1ccccc1)NC(=O)c1ccc(-c2onc(C)c2NC(=O)OC(C)c2ccccc2)cc1. The number of aromatic nitrogens is 1. The maximum Gasteiger partial charge on any atom is 0.412 e. The van der Waals surface area contributed by atoms with Crippen molar-refractivity contribution in [1.29, 1.82) is 0 Å². The molecule has 39 heavy (non-hydrogen) atoms. The number of hydrogen-bond donors (Lipinski definition) is 2. The summed E-state index contributed by atoms with van der Waals surface area (Å²) in [6.45, 7) is 3.48. The second kappa shape index (κ2) is 12.6. The van der Waals surface area contributed by atoms with Gasteiger partial charge in [0.25, 0.3) is 5.91 Å². The zero-order chi connectivity index (χ0) is 27.8. The average molecular weight is 528 g/mol. The van der Waals surface area contributed by atoms with Crippen LogP contribution < -0.4 is 10.6 Å². The molecule has 0 radical (unpaired) electrons. The molecule has 3 aromatic carbocycles. The minimum Gasteiger partial charge on any atom is -0.467 e. The maximum atomic E-state index is 12.9. The van der Waals surface area contributed by atoms with Gasteiger partial charge in [-0.25, -0.2) is 9.59 Å². The van der Waals surface area contributed by atoms with Crippen LogP contribution in [0.25, 0.3) is 11.3 Å². The Kier molecular flexibility index (Phi) is 8.73. The fraction of sp³-hybridized carbons (Fsp3) is 0.200. The van der Waals surface area contributed by atoms with Crippen molar-refractivity contribution in [2.24, 2.45) is 0 Å². The van der Waals surface area contributed by atoms with Crippen LogP contribution in [0.4, 0.5) is 10.5 Å². The van der Waals surface area contributed by atoms with E-state index in [1.807, 2.05) is 60.7 Å². The Morgan fingerprint density at radius 2 is 1.56 bits per heavy atom. The number of amides is 2. The van der Waals surface area contributed by atoms with Crippen LogP contribution in [0, 0.1) is 6.92 Å². The molecular weight excluding hydrogens is 498 g/mol. The van der Waals surface area contributed by atoms with E-state index in [4.69, 9.17) is 14.0 Å². The molecule has 1 aromatic heterocycles. The monoisotopic (exact) mass is 527 g/mol. The third kappa shape index (κ3) is 6.89. The number of carbonyl (C=O) groups excluding carboxylic acids is 3. The zero-order valence-corrected chi connectivity index (χ0v) is 21.8. The van der Waals surface area contributed by atoms with E-state index in [0.717, 1.165) is 11.1 Å². The molecule has 2 atom stereocenters. The lowest BCUT2D eigenvalue weighted by atomic mass is 10.0. The molecule has 4 aromatic rings. The van der Waals surface area contributed by atoms with E-state index < -0.39 is 30.1 Å². The van der Waals surface area contributed by atoms with E-state index in [0.29, 0.717) is 34.7 Å². The van der Waals surface area contributed by atoms with Crippen molar-refractivity contribution >= 4 is 23.7 Å². The first-order valence-electron chi connectivity index (χ1n) is 12.4. The van der Waals surface area contributed by atoms with E-state index >= 15 is 0 Å². The van der Waals surface area contributed by atoms with Crippen LogP contribution >= 0.6 is 0 Å². The highest BCUT2D eigenvalue weighted by Crippen LogP contribution is 2.31. The van der Waals surface area contributed by atoms with Gasteiger partial charge in [-0.3, -0.25) is 10.1 Å². The summed E-state index contributed by atoms with van der Waals surface area (Å²) < 4.78 is 15.8. The molecule has 1 heterocycles. The van der Waals surface area contributed by atoms with Crippen LogP contribution in [-0.4, -0.2) is 36.3 Å². The number of carbonyl (C=O) groups is 3. The fourth-order valence-electron chi connectivity index (χ4n) is 4.00. The van der Waals surface area contributed by atoms with Gasteiger partial charge in [-0.15, -0.1) is 0 Å². The first-order chi connectivity index (χ1) is 18.9. The third-order valence-corrected chi connectivity index (χ3v) is 6.13. The number of benzene rings is 3. The first-order valence-corrected chi connectivity index (χ1v) is 12.4. The maximum absolute atomic E-state index is 12.9. The molecule has 2 amide bonds. The summed E-state index contributed by atoms with van der Waals surface area (Å²) in [6, 6.07) is 24.4. The summed E-state index contributed by atoms with van der Waals surface area (Å²) in [4.78, 5) is 37.8. The summed E-state index contributed by atoms with van der Waals surface area (Å²) >= 11 is 0. The molecule has 0 bridgehead atoms. The largest absolute Gasteiger partial charge is 0.467 e. The van der Waals surface area contributed by atoms with Gasteiger partial charge in [0.1, 0.15) is 23.5 Å². The molecule has 0 aliphatic rings. The van der Waals surface area contributed by atoms with Crippen LogP contribution in [0.2, 0.25) is 0 Å². The Hall–Kier alpha value is -4.92. The van der Waals surface area contributed by atoms with E-state index in [1.165, 1.54) is 7.11 Å². The summed E-state index contributed by atoms with van der Waals surface area (Å²) in [6.07, 6.45) is -0.812. The van der Waals surface area contributed by atoms with Crippen molar-refractivity contribution in [3.63, 3.8) is 0 Å². The summed E-state index contributed by atoms with van der Waals surface area (Å²) in [5, 5.41) is 9.43. The van der Waals surface area contributed by atoms with E-state index in [-0.39, 0.29) is 0 Å². The van der Waals surface area contributed by atoms with Crippen LogP contribution in [0.5, 0.6) is 0 Å². The molecule has 0 saturated carbocycles. The molecule has 0 fully saturated rings. The van der Waals surface area contributed by atoms with Gasteiger partial charge < -0.3 is 19.3 Å². The molecule has 200 valence electrons. The van der Waals surface area contributed by atoms with Gasteiger partial charge in [-0.1, -0.05) is 78.0 Å². The smallest absolute Gasteiger partial charge is 0.412 e. The number of esters is 1. The second-order valence-corrected chi connectivity index (χ2v) is 8.87. The highest BCUT2D eigenvalue weighted by Gasteiger charge is 2.24.